The van der Waals surface area contributed by atoms with Crippen molar-refractivity contribution in [2.75, 3.05) is 56.9 Å². The summed E-state index contributed by atoms with van der Waals surface area (Å²) in [5, 5.41) is 0. The molecule has 0 amide bonds. The Labute approximate surface area is 128 Å². The van der Waals surface area contributed by atoms with Crippen LogP contribution in [0.15, 0.2) is 18.2 Å². The van der Waals surface area contributed by atoms with E-state index < -0.39 is 0 Å². The van der Waals surface area contributed by atoms with Crippen LogP contribution in [0.3, 0.4) is 0 Å². The van der Waals surface area contributed by atoms with Gasteiger partial charge in [-0.3, -0.25) is 4.90 Å². The average molecular weight is 288 g/mol. The van der Waals surface area contributed by atoms with E-state index in [1.807, 2.05) is 6.07 Å². The minimum Gasteiger partial charge on any atom is -0.399 e. The standard InChI is InChI=1S/C17H28N4/c1-14-12-15(4-5-17(14)18)21-9-6-16(13-21)20-8-3-7-19(2)10-11-20/h4-5,12,16H,3,6-11,13,18H2,1-2H3. The molecule has 0 radical (unpaired) electrons. The molecule has 1 aromatic carbocycles. The Bertz CT molecular complexity index is 488. The molecule has 21 heavy (non-hydrogen) atoms. The zero-order valence-electron chi connectivity index (χ0n) is 13.4. The molecule has 0 saturated carbocycles. The smallest absolute Gasteiger partial charge is 0.0370 e. The molecule has 2 N–H and O–H groups in total. The molecular weight excluding hydrogens is 260 g/mol. The Hall–Kier alpha value is -1.26. The summed E-state index contributed by atoms with van der Waals surface area (Å²) in [5.74, 6) is 0. The maximum atomic E-state index is 5.93. The third-order valence-corrected chi connectivity index (χ3v) is 5.05. The molecular formula is C17H28N4. The number of likely N-dealkylation sites (N-methyl/N-ethyl adjacent to an activating group) is 1. The number of nitrogens with zero attached hydrogens (tertiary/aromatic N) is 3. The highest BCUT2D eigenvalue weighted by Gasteiger charge is 2.28. The molecule has 1 aromatic rings. The zero-order chi connectivity index (χ0) is 14.8. The predicted octanol–water partition coefficient (Wildman–Crippen LogP) is 1.79. The summed E-state index contributed by atoms with van der Waals surface area (Å²) in [6, 6.07) is 7.16. The Morgan fingerprint density at radius 1 is 1.10 bits per heavy atom. The van der Waals surface area contributed by atoms with Crippen LogP contribution in [-0.2, 0) is 0 Å². The summed E-state index contributed by atoms with van der Waals surface area (Å²) in [6.45, 7) is 9.34. The molecule has 2 fully saturated rings. The van der Waals surface area contributed by atoms with Gasteiger partial charge >= 0.3 is 0 Å². The van der Waals surface area contributed by atoms with Crippen molar-refractivity contribution in [1.29, 1.82) is 0 Å². The van der Waals surface area contributed by atoms with Crippen LogP contribution in [0.4, 0.5) is 11.4 Å². The second-order valence-electron chi connectivity index (χ2n) is 6.62. The topological polar surface area (TPSA) is 35.7 Å². The fourth-order valence-corrected chi connectivity index (χ4v) is 3.56. The van der Waals surface area contributed by atoms with Gasteiger partial charge in [0.1, 0.15) is 0 Å². The molecule has 1 unspecified atom stereocenters. The third kappa shape index (κ3) is 3.33. The molecule has 2 saturated heterocycles. The summed E-state index contributed by atoms with van der Waals surface area (Å²) in [4.78, 5) is 7.68. The molecule has 116 valence electrons. The van der Waals surface area contributed by atoms with Crippen molar-refractivity contribution in [3.05, 3.63) is 23.8 Å². The van der Waals surface area contributed by atoms with E-state index in [1.165, 1.54) is 56.8 Å². The van der Waals surface area contributed by atoms with Crippen molar-refractivity contribution >= 4 is 11.4 Å². The molecule has 0 aliphatic carbocycles. The fraction of sp³-hybridized carbons (Fsp3) is 0.647. The first-order valence-electron chi connectivity index (χ1n) is 8.17. The second-order valence-corrected chi connectivity index (χ2v) is 6.62. The maximum absolute atomic E-state index is 5.93. The van der Waals surface area contributed by atoms with Crippen LogP contribution < -0.4 is 10.6 Å². The average Bonchev–Trinajstić information content (AvgIpc) is 2.85. The van der Waals surface area contributed by atoms with Gasteiger partial charge in [0.25, 0.3) is 0 Å². The van der Waals surface area contributed by atoms with E-state index in [1.54, 1.807) is 0 Å². The molecule has 3 rings (SSSR count). The second kappa shape index (κ2) is 6.24. The van der Waals surface area contributed by atoms with Crippen LogP contribution in [0.2, 0.25) is 0 Å². The van der Waals surface area contributed by atoms with Crippen LogP contribution >= 0.6 is 0 Å². The van der Waals surface area contributed by atoms with Gasteiger partial charge in [0.2, 0.25) is 0 Å². The van der Waals surface area contributed by atoms with Crippen molar-refractivity contribution in [3.63, 3.8) is 0 Å². The number of hydrogen-bond donors (Lipinski definition) is 1. The van der Waals surface area contributed by atoms with Gasteiger partial charge in [0.15, 0.2) is 0 Å². The summed E-state index contributed by atoms with van der Waals surface area (Å²) >= 11 is 0. The first kappa shape index (κ1) is 14.7. The highest BCUT2D eigenvalue weighted by atomic mass is 15.3. The molecule has 4 nitrogen and oxygen atoms in total. The van der Waals surface area contributed by atoms with E-state index in [0.717, 1.165) is 12.2 Å². The Morgan fingerprint density at radius 2 is 1.95 bits per heavy atom. The van der Waals surface area contributed by atoms with E-state index in [0.29, 0.717) is 6.04 Å². The van der Waals surface area contributed by atoms with Gasteiger partial charge in [-0.15, -0.1) is 0 Å². The van der Waals surface area contributed by atoms with Crippen molar-refractivity contribution in [3.8, 4) is 0 Å². The largest absolute Gasteiger partial charge is 0.399 e. The monoisotopic (exact) mass is 288 g/mol. The minimum absolute atomic E-state index is 0.717. The van der Waals surface area contributed by atoms with Gasteiger partial charge < -0.3 is 15.5 Å². The van der Waals surface area contributed by atoms with Gasteiger partial charge in [-0.2, -0.15) is 0 Å². The predicted molar refractivity (Wildman–Crippen MR) is 89.9 cm³/mol. The number of nitrogens with two attached hydrogens (primary N) is 1. The number of benzene rings is 1. The van der Waals surface area contributed by atoms with E-state index in [-0.39, 0.29) is 0 Å². The molecule has 2 aliphatic rings. The molecule has 0 spiro atoms. The number of nitrogen functional groups attached to an aromatic ring is 1. The van der Waals surface area contributed by atoms with E-state index in [2.05, 4.69) is 40.8 Å². The fourth-order valence-electron chi connectivity index (χ4n) is 3.56. The molecule has 1 atom stereocenters. The highest BCUT2D eigenvalue weighted by Crippen LogP contribution is 2.26. The first-order valence-corrected chi connectivity index (χ1v) is 8.17. The van der Waals surface area contributed by atoms with Crippen LogP contribution in [0, 0.1) is 6.92 Å². The lowest BCUT2D eigenvalue weighted by atomic mass is 10.1. The van der Waals surface area contributed by atoms with E-state index in [9.17, 15) is 0 Å². The maximum Gasteiger partial charge on any atom is 0.0370 e. The lowest BCUT2D eigenvalue weighted by Crippen LogP contribution is -2.39. The van der Waals surface area contributed by atoms with Crippen molar-refractivity contribution < 1.29 is 0 Å². The van der Waals surface area contributed by atoms with Crippen LogP contribution in [0.25, 0.3) is 0 Å². The van der Waals surface area contributed by atoms with Crippen LogP contribution in [0.5, 0.6) is 0 Å². The number of anilines is 2. The lowest BCUT2D eigenvalue weighted by molar-refractivity contribution is 0.216. The van der Waals surface area contributed by atoms with E-state index in [4.69, 9.17) is 5.73 Å². The molecule has 2 aliphatic heterocycles. The zero-order valence-corrected chi connectivity index (χ0v) is 13.4. The van der Waals surface area contributed by atoms with E-state index >= 15 is 0 Å². The lowest BCUT2D eigenvalue weighted by Gasteiger charge is -2.28. The number of hydrogen-bond acceptors (Lipinski definition) is 4. The van der Waals surface area contributed by atoms with Gasteiger partial charge in [0, 0.05) is 43.6 Å². The third-order valence-electron chi connectivity index (χ3n) is 5.05. The van der Waals surface area contributed by atoms with Gasteiger partial charge in [-0.05, 0) is 63.7 Å². The number of aryl methyl sites for hydroxylation is 1. The normalized spacial score (nSPS) is 25.2. The molecule has 0 aromatic heterocycles. The summed E-state index contributed by atoms with van der Waals surface area (Å²) in [6.07, 6.45) is 2.58. The molecule has 2 heterocycles. The highest BCUT2D eigenvalue weighted by molar-refractivity contribution is 5.58. The Morgan fingerprint density at radius 3 is 2.76 bits per heavy atom. The van der Waals surface area contributed by atoms with Crippen molar-refractivity contribution in [1.82, 2.24) is 9.80 Å². The number of rotatable bonds is 2. The summed E-state index contributed by atoms with van der Waals surface area (Å²) < 4.78 is 0. The van der Waals surface area contributed by atoms with Gasteiger partial charge in [0.05, 0.1) is 0 Å². The molecule has 4 heteroatoms. The quantitative estimate of drug-likeness (QED) is 0.842. The van der Waals surface area contributed by atoms with Crippen molar-refractivity contribution in [2.45, 2.75) is 25.8 Å². The first-order chi connectivity index (χ1) is 10.1. The van der Waals surface area contributed by atoms with Crippen LogP contribution in [-0.4, -0.2) is 62.2 Å². The minimum atomic E-state index is 0.717. The Balaban J connectivity index is 1.63. The summed E-state index contributed by atoms with van der Waals surface area (Å²) in [5.41, 5.74) is 9.34. The SMILES string of the molecule is Cc1cc(N2CCC(N3CCCN(C)CC3)C2)ccc1N. The van der Waals surface area contributed by atoms with Gasteiger partial charge in [-0.25, -0.2) is 0 Å². The Kier molecular flexibility index (Phi) is 4.36. The van der Waals surface area contributed by atoms with Crippen LogP contribution in [0.1, 0.15) is 18.4 Å². The van der Waals surface area contributed by atoms with Gasteiger partial charge in [-0.1, -0.05) is 0 Å². The summed E-state index contributed by atoms with van der Waals surface area (Å²) in [7, 11) is 2.24. The van der Waals surface area contributed by atoms with Crippen molar-refractivity contribution in [2.24, 2.45) is 0 Å². The molecule has 0 bridgehead atoms.